The first-order valence-electron chi connectivity index (χ1n) is 7.69. The first kappa shape index (κ1) is 14.0. The van der Waals surface area contributed by atoms with E-state index in [0.29, 0.717) is 17.7 Å². The molecule has 0 radical (unpaired) electrons. The lowest BCUT2D eigenvalue weighted by atomic mass is 9.97. The molecule has 1 saturated carbocycles. The highest BCUT2D eigenvalue weighted by atomic mass is 16.1. The Labute approximate surface area is 112 Å². The van der Waals surface area contributed by atoms with Crippen molar-refractivity contribution in [1.82, 2.24) is 9.80 Å². The summed E-state index contributed by atoms with van der Waals surface area (Å²) in [5.41, 5.74) is 0. The number of piperazine rings is 1. The van der Waals surface area contributed by atoms with E-state index in [1.165, 1.54) is 19.4 Å². The Bertz CT molecular complexity index is 280. The first-order chi connectivity index (χ1) is 8.70. The Kier molecular flexibility index (Phi) is 5.19. The van der Waals surface area contributed by atoms with Crippen LogP contribution < -0.4 is 0 Å². The van der Waals surface area contributed by atoms with Crippen LogP contribution in [0.5, 0.6) is 0 Å². The van der Waals surface area contributed by atoms with Crippen LogP contribution in [0.25, 0.3) is 0 Å². The summed E-state index contributed by atoms with van der Waals surface area (Å²) in [6.45, 7) is 10.2. The molecule has 0 aromatic rings. The smallest absolute Gasteiger partial charge is 0.137 e. The average Bonchev–Trinajstić information content (AvgIpc) is 2.55. The van der Waals surface area contributed by atoms with Gasteiger partial charge in [-0.1, -0.05) is 19.8 Å². The standard InChI is InChI=1S/C15H28N2O/c1-3-17-10-9-16(11-13(17)2)12-14-7-5-4-6-8-15(14)18/h13-14H,3-12H2,1-2H3. The van der Waals surface area contributed by atoms with E-state index >= 15 is 0 Å². The second-order valence-electron chi connectivity index (χ2n) is 6.00. The minimum atomic E-state index is 0.327. The fourth-order valence-electron chi connectivity index (χ4n) is 3.44. The Hall–Kier alpha value is -0.410. The molecule has 3 heteroatoms. The zero-order valence-electron chi connectivity index (χ0n) is 12.0. The summed E-state index contributed by atoms with van der Waals surface area (Å²) in [7, 11) is 0. The minimum absolute atomic E-state index is 0.327. The van der Waals surface area contributed by atoms with Gasteiger partial charge in [-0.15, -0.1) is 0 Å². The van der Waals surface area contributed by atoms with Gasteiger partial charge >= 0.3 is 0 Å². The number of likely N-dealkylation sites (N-methyl/N-ethyl adjacent to an activating group) is 1. The molecule has 0 bridgehead atoms. The molecule has 2 aliphatic rings. The maximum Gasteiger partial charge on any atom is 0.137 e. The molecule has 0 aromatic carbocycles. The number of carbonyl (C=O) groups excluding carboxylic acids is 1. The molecule has 2 atom stereocenters. The van der Waals surface area contributed by atoms with Crippen LogP contribution in [0, 0.1) is 5.92 Å². The van der Waals surface area contributed by atoms with Gasteiger partial charge in [0.1, 0.15) is 5.78 Å². The highest BCUT2D eigenvalue weighted by Gasteiger charge is 2.27. The summed E-state index contributed by atoms with van der Waals surface area (Å²) in [5.74, 6) is 0.853. The van der Waals surface area contributed by atoms with Crippen LogP contribution in [0.2, 0.25) is 0 Å². The molecule has 1 aliphatic carbocycles. The second-order valence-corrected chi connectivity index (χ2v) is 6.00. The number of rotatable bonds is 3. The van der Waals surface area contributed by atoms with Gasteiger partial charge < -0.3 is 0 Å². The lowest BCUT2D eigenvalue weighted by Crippen LogP contribution is -2.52. The van der Waals surface area contributed by atoms with Crippen molar-refractivity contribution in [1.29, 1.82) is 0 Å². The summed E-state index contributed by atoms with van der Waals surface area (Å²) in [6.07, 6.45) is 5.58. The van der Waals surface area contributed by atoms with Gasteiger partial charge in [-0.25, -0.2) is 0 Å². The van der Waals surface area contributed by atoms with Gasteiger partial charge in [-0.3, -0.25) is 14.6 Å². The zero-order valence-corrected chi connectivity index (χ0v) is 12.0. The molecule has 2 rings (SSSR count). The van der Waals surface area contributed by atoms with Gasteiger partial charge in [-0.2, -0.15) is 0 Å². The summed E-state index contributed by atoms with van der Waals surface area (Å²) in [4.78, 5) is 17.1. The fourth-order valence-corrected chi connectivity index (χ4v) is 3.44. The van der Waals surface area contributed by atoms with Gasteiger partial charge in [0.25, 0.3) is 0 Å². The quantitative estimate of drug-likeness (QED) is 0.719. The lowest BCUT2D eigenvalue weighted by molar-refractivity contribution is -0.123. The van der Waals surface area contributed by atoms with Gasteiger partial charge in [0, 0.05) is 44.6 Å². The highest BCUT2D eigenvalue weighted by molar-refractivity contribution is 5.81. The van der Waals surface area contributed by atoms with Crippen LogP contribution in [-0.4, -0.2) is 54.3 Å². The minimum Gasteiger partial charge on any atom is -0.300 e. The normalized spacial score (nSPS) is 32.4. The Balaban J connectivity index is 1.84. The molecule has 3 nitrogen and oxygen atoms in total. The number of nitrogens with zero attached hydrogens (tertiary/aromatic N) is 2. The molecule has 0 aromatic heterocycles. The van der Waals surface area contributed by atoms with Crippen LogP contribution in [0.1, 0.15) is 46.0 Å². The molecule has 1 saturated heterocycles. The molecule has 0 spiro atoms. The molecule has 2 fully saturated rings. The molecule has 18 heavy (non-hydrogen) atoms. The number of ketones is 1. The van der Waals surface area contributed by atoms with E-state index in [2.05, 4.69) is 23.6 Å². The SMILES string of the molecule is CCN1CCN(CC2CCCCCC2=O)CC1C. The lowest BCUT2D eigenvalue weighted by Gasteiger charge is -2.40. The van der Waals surface area contributed by atoms with E-state index in [1.54, 1.807) is 0 Å². The van der Waals surface area contributed by atoms with E-state index in [1.807, 2.05) is 0 Å². The monoisotopic (exact) mass is 252 g/mol. The highest BCUT2D eigenvalue weighted by Crippen LogP contribution is 2.22. The van der Waals surface area contributed by atoms with E-state index in [0.717, 1.165) is 45.4 Å². The van der Waals surface area contributed by atoms with Crippen molar-refractivity contribution in [3.05, 3.63) is 0 Å². The van der Waals surface area contributed by atoms with Crippen molar-refractivity contribution < 1.29 is 4.79 Å². The van der Waals surface area contributed by atoms with Gasteiger partial charge in [0.15, 0.2) is 0 Å². The largest absolute Gasteiger partial charge is 0.300 e. The van der Waals surface area contributed by atoms with Crippen LogP contribution in [-0.2, 0) is 4.79 Å². The molecule has 1 heterocycles. The molecular formula is C15H28N2O. The predicted octanol–water partition coefficient (Wildman–Crippen LogP) is 2.16. The van der Waals surface area contributed by atoms with Gasteiger partial charge in [-0.05, 0) is 26.3 Å². The summed E-state index contributed by atoms with van der Waals surface area (Å²) < 4.78 is 0. The third kappa shape index (κ3) is 3.55. The maximum absolute atomic E-state index is 12.1. The topological polar surface area (TPSA) is 23.6 Å². The van der Waals surface area contributed by atoms with E-state index < -0.39 is 0 Å². The second kappa shape index (κ2) is 6.67. The van der Waals surface area contributed by atoms with Crippen LogP contribution in [0.4, 0.5) is 0 Å². The van der Waals surface area contributed by atoms with Crippen molar-refractivity contribution >= 4 is 5.78 Å². The average molecular weight is 252 g/mol. The summed E-state index contributed by atoms with van der Waals surface area (Å²) in [5, 5.41) is 0. The van der Waals surface area contributed by atoms with Gasteiger partial charge in [0.2, 0.25) is 0 Å². The van der Waals surface area contributed by atoms with E-state index in [9.17, 15) is 4.79 Å². The Morgan fingerprint density at radius 3 is 2.78 bits per heavy atom. The van der Waals surface area contributed by atoms with Crippen molar-refractivity contribution in [2.75, 3.05) is 32.7 Å². The first-order valence-corrected chi connectivity index (χ1v) is 7.69. The zero-order chi connectivity index (χ0) is 13.0. The predicted molar refractivity (Wildman–Crippen MR) is 74.7 cm³/mol. The van der Waals surface area contributed by atoms with Crippen molar-refractivity contribution in [3.63, 3.8) is 0 Å². The number of Topliss-reactive ketones (excluding diaryl/α,β-unsaturated/α-hetero) is 1. The third-order valence-corrected chi connectivity index (χ3v) is 4.67. The van der Waals surface area contributed by atoms with Gasteiger partial charge in [0.05, 0.1) is 0 Å². The van der Waals surface area contributed by atoms with Crippen LogP contribution in [0.15, 0.2) is 0 Å². The molecular weight excluding hydrogens is 224 g/mol. The molecule has 1 aliphatic heterocycles. The Morgan fingerprint density at radius 1 is 1.22 bits per heavy atom. The van der Waals surface area contributed by atoms with E-state index in [-0.39, 0.29) is 0 Å². The van der Waals surface area contributed by atoms with Crippen LogP contribution in [0.3, 0.4) is 0 Å². The molecule has 104 valence electrons. The third-order valence-electron chi connectivity index (χ3n) is 4.67. The van der Waals surface area contributed by atoms with Crippen molar-refractivity contribution in [3.8, 4) is 0 Å². The van der Waals surface area contributed by atoms with Crippen molar-refractivity contribution in [2.24, 2.45) is 5.92 Å². The molecule has 0 N–H and O–H groups in total. The number of carbonyl (C=O) groups is 1. The number of hydrogen-bond acceptors (Lipinski definition) is 3. The fraction of sp³-hybridized carbons (Fsp3) is 0.933. The Morgan fingerprint density at radius 2 is 2.06 bits per heavy atom. The molecule has 2 unspecified atom stereocenters. The molecule has 0 amide bonds. The van der Waals surface area contributed by atoms with Crippen LogP contribution >= 0.6 is 0 Å². The van der Waals surface area contributed by atoms with Crippen molar-refractivity contribution in [2.45, 2.75) is 52.0 Å². The maximum atomic E-state index is 12.1. The summed E-state index contributed by atoms with van der Waals surface area (Å²) >= 11 is 0. The summed E-state index contributed by atoms with van der Waals surface area (Å²) in [6, 6.07) is 0.643. The number of hydrogen-bond donors (Lipinski definition) is 0. The van der Waals surface area contributed by atoms with E-state index in [4.69, 9.17) is 0 Å².